The number of hydrogen-bond acceptors (Lipinski definition) is 6. The molecule has 2 heterocycles. The molecule has 1 fully saturated rings. The highest BCUT2D eigenvalue weighted by molar-refractivity contribution is 5.79. The molecule has 1 saturated heterocycles. The van der Waals surface area contributed by atoms with E-state index in [9.17, 15) is 0 Å². The van der Waals surface area contributed by atoms with Crippen molar-refractivity contribution in [1.82, 2.24) is 20.5 Å². The van der Waals surface area contributed by atoms with E-state index in [2.05, 4.69) is 43.5 Å². The van der Waals surface area contributed by atoms with E-state index in [4.69, 9.17) is 9.47 Å². The fourth-order valence-corrected chi connectivity index (χ4v) is 2.98. The summed E-state index contributed by atoms with van der Waals surface area (Å²) in [6.45, 7) is 7.58. The second kappa shape index (κ2) is 12.5. The number of nitrogens with zero attached hydrogens (tertiary/aromatic N) is 4. The second-order valence-corrected chi connectivity index (χ2v) is 6.59. The van der Waals surface area contributed by atoms with Gasteiger partial charge in [0.25, 0.3) is 0 Å². The molecule has 0 aliphatic carbocycles. The third-order valence-corrected chi connectivity index (χ3v) is 4.52. The number of nitrogens with one attached hydrogen (secondary N) is 2. The summed E-state index contributed by atoms with van der Waals surface area (Å²) in [5.74, 6) is 1.83. The average molecular weight is 379 g/mol. The molecular formula is C19H34N6O2. The van der Waals surface area contributed by atoms with Gasteiger partial charge < -0.3 is 29.9 Å². The van der Waals surface area contributed by atoms with E-state index in [0.717, 1.165) is 70.7 Å². The van der Waals surface area contributed by atoms with E-state index >= 15 is 0 Å². The molecule has 152 valence electrons. The summed E-state index contributed by atoms with van der Waals surface area (Å²) in [7, 11) is 5.66. The van der Waals surface area contributed by atoms with Crippen LogP contribution in [0, 0.1) is 0 Å². The SMILES string of the molecule is CN=C(NCCN(C)CCCOC)NCc1cccnc1N1CCOCC1. The number of morpholine rings is 1. The Bertz CT molecular complexity index is 563. The molecule has 0 atom stereocenters. The number of aliphatic imine (C=N–C) groups is 1. The second-order valence-electron chi connectivity index (χ2n) is 6.59. The minimum absolute atomic E-state index is 0.684. The molecule has 0 aromatic carbocycles. The molecule has 0 bridgehead atoms. The molecule has 1 aromatic rings. The number of ether oxygens (including phenoxy) is 2. The zero-order valence-corrected chi connectivity index (χ0v) is 16.9. The molecule has 1 aromatic heterocycles. The smallest absolute Gasteiger partial charge is 0.191 e. The Balaban J connectivity index is 1.77. The number of guanidine groups is 1. The van der Waals surface area contributed by atoms with Crippen molar-refractivity contribution in [2.24, 2.45) is 4.99 Å². The monoisotopic (exact) mass is 378 g/mol. The first-order valence-corrected chi connectivity index (χ1v) is 9.63. The van der Waals surface area contributed by atoms with Gasteiger partial charge in [0.15, 0.2) is 5.96 Å². The number of hydrogen-bond donors (Lipinski definition) is 2. The number of aromatic nitrogens is 1. The molecule has 2 N–H and O–H groups in total. The maximum absolute atomic E-state index is 5.45. The van der Waals surface area contributed by atoms with Crippen molar-refractivity contribution in [3.05, 3.63) is 23.9 Å². The van der Waals surface area contributed by atoms with Gasteiger partial charge in [-0.05, 0) is 19.5 Å². The quantitative estimate of drug-likeness (QED) is 0.350. The molecule has 1 aliphatic heterocycles. The molecule has 0 unspecified atom stereocenters. The number of rotatable bonds is 10. The van der Waals surface area contributed by atoms with Crippen molar-refractivity contribution in [1.29, 1.82) is 0 Å². The lowest BCUT2D eigenvalue weighted by Gasteiger charge is -2.29. The van der Waals surface area contributed by atoms with E-state index in [1.165, 1.54) is 5.56 Å². The zero-order valence-electron chi connectivity index (χ0n) is 16.9. The van der Waals surface area contributed by atoms with Crippen molar-refractivity contribution in [2.75, 3.05) is 78.6 Å². The summed E-state index contributed by atoms with van der Waals surface area (Å²) in [4.78, 5) is 13.5. The van der Waals surface area contributed by atoms with Crippen molar-refractivity contribution in [3.8, 4) is 0 Å². The van der Waals surface area contributed by atoms with Gasteiger partial charge in [0, 0.05) is 71.8 Å². The van der Waals surface area contributed by atoms with Gasteiger partial charge in [0.2, 0.25) is 0 Å². The van der Waals surface area contributed by atoms with Crippen LogP contribution in [-0.4, -0.2) is 89.6 Å². The molecule has 27 heavy (non-hydrogen) atoms. The molecule has 0 spiro atoms. The Labute approximate surface area is 162 Å². The summed E-state index contributed by atoms with van der Waals surface area (Å²) < 4.78 is 10.5. The van der Waals surface area contributed by atoms with E-state index in [1.54, 1.807) is 14.2 Å². The number of likely N-dealkylation sites (N-methyl/N-ethyl adjacent to an activating group) is 1. The van der Waals surface area contributed by atoms with Gasteiger partial charge in [-0.25, -0.2) is 4.98 Å². The summed E-state index contributed by atoms with van der Waals surface area (Å²) >= 11 is 0. The lowest BCUT2D eigenvalue weighted by Crippen LogP contribution is -2.41. The van der Waals surface area contributed by atoms with Gasteiger partial charge in [-0.2, -0.15) is 0 Å². The fraction of sp³-hybridized carbons (Fsp3) is 0.684. The van der Waals surface area contributed by atoms with Crippen molar-refractivity contribution >= 4 is 11.8 Å². The molecule has 0 saturated carbocycles. The van der Waals surface area contributed by atoms with Gasteiger partial charge in [0.05, 0.1) is 13.2 Å². The first-order chi connectivity index (χ1) is 13.2. The molecule has 8 nitrogen and oxygen atoms in total. The van der Waals surface area contributed by atoms with Crippen molar-refractivity contribution in [3.63, 3.8) is 0 Å². The van der Waals surface area contributed by atoms with Crippen LogP contribution in [0.4, 0.5) is 5.82 Å². The highest BCUT2D eigenvalue weighted by atomic mass is 16.5. The normalized spacial score (nSPS) is 15.3. The molecule has 0 amide bonds. The van der Waals surface area contributed by atoms with Crippen LogP contribution in [0.3, 0.4) is 0 Å². The predicted octanol–water partition coefficient (Wildman–Crippen LogP) is 0.552. The number of anilines is 1. The maximum atomic E-state index is 5.45. The highest BCUT2D eigenvalue weighted by Gasteiger charge is 2.15. The van der Waals surface area contributed by atoms with Gasteiger partial charge in [0.1, 0.15) is 5.82 Å². The van der Waals surface area contributed by atoms with Crippen LogP contribution >= 0.6 is 0 Å². The molecule has 2 rings (SSSR count). The van der Waals surface area contributed by atoms with E-state index in [0.29, 0.717) is 6.54 Å². The Kier molecular flexibility index (Phi) is 9.89. The zero-order chi connectivity index (χ0) is 19.3. The Morgan fingerprint density at radius 3 is 2.89 bits per heavy atom. The van der Waals surface area contributed by atoms with Gasteiger partial charge >= 0.3 is 0 Å². The summed E-state index contributed by atoms with van der Waals surface area (Å²) in [6.07, 6.45) is 2.89. The standard InChI is InChI=1S/C19H34N6O2/c1-20-19(22-8-10-24(2)9-5-13-26-3)23-16-17-6-4-7-21-18(17)25-11-14-27-15-12-25/h4,6-7H,5,8-16H2,1-3H3,(H2,20,22,23). The molecule has 1 aliphatic rings. The van der Waals surface area contributed by atoms with Crippen LogP contribution in [-0.2, 0) is 16.0 Å². The Hall–Kier alpha value is -1.90. The summed E-state index contributed by atoms with van der Waals surface area (Å²) in [5, 5.41) is 6.77. The summed E-state index contributed by atoms with van der Waals surface area (Å²) in [5.41, 5.74) is 1.17. The molecule has 8 heteroatoms. The largest absolute Gasteiger partial charge is 0.385 e. The minimum atomic E-state index is 0.684. The Morgan fingerprint density at radius 1 is 1.33 bits per heavy atom. The third kappa shape index (κ3) is 7.70. The Morgan fingerprint density at radius 2 is 2.15 bits per heavy atom. The van der Waals surface area contributed by atoms with Gasteiger partial charge in [-0.15, -0.1) is 0 Å². The number of methoxy groups -OCH3 is 1. The minimum Gasteiger partial charge on any atom is -0.385 e. The lowest BCUT2D eigenvalue weighted by molar-refractivity contribution is 0.122. The van der Waals surface area contributed by atoms with Crippen LogP contribution in [0.2, 0.25) is 0 Å². The van der Waals surface area contributed by atoms with E-state index < -0.39 is 0 Å². The van der Waals surface area contributed by atoms with Crippen LogP contribution in [0.1, 0.15) is 12.0 Å². The molecule has 0 radical (unpaired) electrons. The lowest BCUT2D eigenvalue weighted by atomic mass is 10.2. The first-order valence-electron chi connectivity index (χ1n) is 9.63. The van der Waals surface area contributed by atoms with E-state index in [1.807, 2.05) is 12.3 Å². The fourth-order valence-electron chi connectivity index (χ4n) is 2.98. The van der Waals surface area contributed by atoms with Crippen LogP contribution in [0.15, 0.2) is 23.3 Å². The number of pyridine rings is 1. The average Bonchev–Trinajstić information content (AvgIpc) is 2.71. The summed E-state index contributed by atoms with van der Waals surface area (Å²) in [6, 6.07) is 4.09. The highest BCUT2D eigenvalue weighted by Crippen LogP contribution is 2.18. The van der Waals surface area contributed by atoms with E-state index in [-0.39, 0.29) is 0 Å². The third-order valence-electron chi connectivity index (χ3n) is 4.52. The topological polar surface area (TPSA) is 74.2 Å². The van der Waals surface area contributed by atoms with Gasteiger partial charge in [-0.3, -0.25) is 4.99 Å². The van der Waals surface area contributed by atoms with Crippen LogP contribution < -0.4 is 15.5 Å². The van der Waals surface area contributed by atoms with Gasteiger partial charge in [-0.1, -0.05) is 6.07 Å². The van der Waals surface area contributed by atoms with Crippen molar-refractivity contribution in [2.45, 2.75) is 13.0 Å². The van der Waals surface area contributed by atoms with Crippen LogP contribution in [0.5, 0.6) is 0 Å². The van der Waals surface area contributed by atoms with Crippen LogP contribution in [0.25, 0.3) is 0 Å². The first kappa shape index (κ1) is 21.4. The molecular weight excluding hydrogens is 344 g/mol. The predicted molar refractivity (Wildman–Crippen MR) is 109 cm³/mol. The van der Waals surface area contributed by atoms with Crippen molar-refractivity contribution < 1.29 is 9.47 Å². The maximum Gasteiger partial charge on any atom is 0.191 e.